The highest BCUT2D eigenvalue weighted by atomic mass is 79.9. The average Bonchev–Trinajstić information content (AvgIpc) is 2.18. The molecule has 82 valence electrons. The molecule has 0 aromatic heterocycles. The highest BCUT2D eigenvalue weighted by molar-refractivity contribution is 9.10. The lowest BCUT2D eigenvalue weighted by molar-refractivity contribution is -0.139. The van der Waals surface area contributed by atoms with Crippen LogP contribution in [0.4, 0.5) is 0 Å². The van der Waals surface area contributed by atoms with Crippen molar-refractivity contribution >= 4 is 21.9 Å². The van der Waals surface area contributed by atoms with Crippen molar-refractivity contribution in [3.8, 4) is 0 Å². The number of halogens is 1. The van der Waals surface area contributed by atoms with Crippen molar-refractivity contribution in [2.24, 2.45) is 0 Å². The number of nitrogens with one attached hydrogen (secondary N) is 1. The van der Waals surface area contributed by atoms with Crippen LogP contribution in [0, 0.1) is 6.92 Å². The number of aryl methyl sites for hydroxylation is 1. The normalized spacial score (nSPS) is 12.5. The molecule has 0 spiro atoms. The molecule has 1 aromatic carbocycles. The van der Waals surface area contributed by atoms with Crippen LogP contribution in [0.1, 0.15) is 24.1 Å². The number of carbonyl (C=O) groups is 1. The summed E-state index contributed by atoms with van der Waals surface area (Å²) in [5, 5.41) is 12.0. The molecule has 0 heterocycles. The summed E-state index contributed by atoms with van der Waals surface area (Å²) >= 11 is 3.39. The molecule has 0 saturated heterocycles. The fraction of sp³-hybridized carbons (Fsp3) is 0.364. The second kappa shape index (κ2) is 5.28. The first-order valence-corrected chi connectivity index (χ1v) is 5.57. The fourth-order valence-electron chi connectivity index (χ4n) is 1.34. The van der Waals surface area contributed by atoms with Crippen molar-refractivity contribution < 1.29 is 9.90 Å². The Kier molecular flexibility index (Phi) is 4.29. The molecule has 0 aliphatic carbocycles. The second-order valence-electron chi connectivity index (χ2n) is 3.34. The Morgan fingerprint density at radius 2 is 2.27 bits per heavy atom. The quantitative estimate of drug-likeness (QED) is 0.885. The van der Waals surface area contributed by atoms with E-state index in [9.17, 15) is 4.79 Å². The van der Waals surface area contributed by atoms with E-state index in [1.54, 1.807) is 0 Å². The molecule has 15 heavy (non-hydrogen) atoms. The standard InChI is InChI=1S/C11H14BrNO2/c1-3-13-10(11(14)15)8-5-4-7(2)9(12)6-8/h4-6,10,13H,3H2,1-2H3,(H,14,15). The van der Waals surface area contributed by atoms with Crippen molar-refractivity contribution in [1.82, 2.24) is 5.32 Å². The van der Waals surface area contributed by atoms with E-state index in [4.69, 9.17) is 5.11 Å². The highest BCUT2D eigenvalue weighted by Gasteiger charge is 2.18. The zero-order valence-corrected chi connectivity index (χ0v) is 10.3. The number of carboxylic acids is 1. The Labute approximate surface area is 97.6 Å². The predicted molar refractivity (Wildman–Crippen MR) is 62.9 cm³/mol. The molecule has 1 aromatic rings. The minimum atomic E-state index is -0.854. The van der Waals surface area contributed by atoms with Crippen molar-refractivity contribution in [3.05, 3.63) is 33.8 Å². The Hall–Kier alpha value is -0.870. The molecule has 3 nitrogen and oxygen atoms in total. The SMILES string of the molecule is CCNC(C(=O)O)c1ccc(C)c(Br)c1. The molecule has 2 N–H and O–H groups in total. The number of hydrogen-bond donors (Lipinski definition) is 2. The molecule has 1 rings (SSSR count). The lowest BCUT2D eigenvalue weighted by atomic mass is 10.1. The number of likely N-dealkylation sites (N-methyl/N-ethyl adjacent to an activating group) is 1. The number of carboxylic acid groups (broad SMARTS) is 1. The third-order valence-corrected chi connectivity index (χ3v) is 3.04. The van der Waals surface area contributed by atoms with E-state index in [1.165, 1.54) is 0 Å². The number of hydrogen-bond acceptors (Lipinski definition) is 2. The smallest absolute Gasteiger partial charge is 0.325 e. The molecule has 0 bridgehead atoms. The lowest BCUT2D eigenvalue weighted by Crippen LogP contribution is -2.28. The molecular weight excluding hydrogens is 258 g/mol. The van der Waals surface area contributed by atoms with Crippen LogP contribution in [0.15, 0.2) is 22.7 Å². The van der Waals surface area contributed by atoms with Gasteiger partial charge < -0.3 is 10.4 Å². The van der Waals surface area contributed by atoms with Crippen LogP contribution in [0.3, 0.4) is 0 Å². The van der Waals surface area contributed by atoms with Gasteiger partial charge >= 0.3 is 5.97 Å². The summed E-state index contributed by atoms with van der Waals surface area (Å²) in [5.41, 5.74) is 1.86. The van der Waals surface area contributed by atoms with Gasteiger partial charge in [0.2, 0.25) is 0 Å². The second-order valence-corrected chi connectivity index (χ2v) is 4.19. The van der Waals surface area contributed by atoms with Crippen molar-refractivity contribution in [1.29, 1.82) is 0 Å². The van der Waals surface area contributed by atoms with Crippen LogP contribution in [0.5, 0.6) is 0 Å². The minimum absolute atomic E-state index is 0.627. The van der Waals surface area contributed by atoms with Gasteiger partial charge in [-0.1, -0.05) is 35.0 Å². The zero-order chi connectivity index (χ0) is 11.4. The first-order chi connectivity index (χ1) is 7.06. The van der Waals surface area contributed by atoms with Gasteiger partial charge in [-0.05, 0) is 30.7 Å². The van der Waals surface area contributed by atoms with Crippen LogP contribution >= 0.6 is 15.9 Å². The highest BCUT2D eigenvalue weighted by Crippen LogP contribution is 2.22. The van der Waals surface area contributed by atoms with Crippen LogP contribution in [0.2, 0.25) is 0 Å². The molecule has 0 fully saturated rings. The number of benzene rings is 1. The largest absolute Gasteiger partial charge is 0.480 e. The number of aliphatic carboxylic acids is 1. The Morgan fingerprint density at radius 1 is 1.60 bits per heavy atom. The Bertz CT molecular complexity index is 366. The summed E-state index contributed by atoms with van der Waals surface area (Å²) < 4.78 is 0.934. The van der Waals surface area contributed by atoms with Crippen molar-refractivity contribution in [3.63, 3.8) is 0 Å². The molecule has 1 atom stereocenters. The molecule has 0 aliphatic heterocycles. The van der Waals surface area contributed by atoms with Gasteiger partial charge in [-0.25, -0.2) is 0 Å². The Balaban J connectivity index is 3.01. The van der Waals surface area contributed by atoms with E-state index in [1.807, 2.05) is 32.0 Å². The summed E-state index contributed by atoms with van der Waals surface area (Å²) in [5.74, 6) is -0.854. The molecule has 4 heteroatoms. The van der Waals surface area contributed by atoms with E-state index in [0.717, 1.165) is 15.6 Å². The van der Waals surface area contributed by atoms with Crippen LogP contribution in [-0.2, 0) is 4.79 Å². The van der Waals surface area contributed by atoms with E-state index in [-0.39, 0.29) is 0 Å². The maximum atomic E-state index is 11.0. The topological polar surface area (TPSA) is 49.3 Å². The molecule has 0 amide bonds. The zero-order valence-electron chi connectivity index (χ0n) is 8.75. The van der Waals surface area contributed by atoms with Crippen molar-refractivity contribution in [2.75, 3.05) is 6.54 Å². The number of rotatable bonds is 4. The molecule has 1 unspecified atom stereocenters. The van der Waals surface area contributed by atoms with E-state index in [2.05, 4.69) is 21.2 Å². The molecule has 0 radical (unpaired) electrons. The van der Waals surface area contributed by atoms with E-state index in [0.29, 0.717) is 6.54 Å². The minimum Gasteiger partial charge on any atom is -0.480 e. The summed E-state index contributed by atoms with van der Waals surface area (Å²) in [6.07, 6.45) is 0. The summed E-state index contributed by atoms with van der Waals surface area (Å²) in [6, 6.07) is 4.96. The first-order valence-electron chi connectivity index (χ1n) is 4.78. The predicted octanol–water partition coefficient (Wildman–Crippen LogP) is 2.49. The van der Waals surface area contributed by atoms with Gasteiger partial charge in [-0.3, -0.25) is 4.79 Å². The molecular formula is C11H14BrNO2. The first kappa shape index (κ1) is 12.2. The van der Waals surface area contributed by atoms with Gasteiger partial charge in [0.25, 0.3) is 0 Å². The van der Waals surface area contributed by atoms with Gasteiger partial charge in [0.15, 0.2) is 0 Å². The summed E-state index contributed by atoms with van der Waals surface area (Å²) in [4.78, 5) is 11.0. The van der Waals surface area contributed by atoms with Crippen LogP contribution < -0.4 is 5.32 Å². The Morgan fingerprint density at radius 3 is 2.73 bits per heavy atom. The van der Waals surface area contributed by atoms with Gasteiger partial charge in [0, 0.05) is 4.47 Å². The van der Waals surface area contributed by atoms with Crippen molar-refractivity contribution in [2.45, 2.75) is 19.9 Å². The van der Waals surface area contributed by atoms with Crippen LogP contribution in [0.25, 0.3) is 0 Å². The molecule has 0 aliphatic rings. The lowest BCUT2D eigenvalue weighted by Gasteiger charge is -2.14. The van der Waals surface area contributed by atoms with E-state index >= 15 is 0 Å². The van der Waals surface area contributed by atoms with E-state index < -0.39 is 12.0 Å². The van der Waals surface area contributed by atoms with Gasteiger partial charge in [0.05, 0.1) is 0 Å². The third kappa shape index (κ3) is 3.04. The average molecular weight is 272 g/mol. The third-order valence-electron chi connectivity index (χ3n) is 2.18. The molecule has 0 saturated carbocycles. The van der Waals surface area contributed by atoms with Gasteiger partial charge in [-0.15, -0.1) is 0 Å². The summed E-state index contributed by atoms with van der Waals surface area (Å²) in [6.45, 7) is 4.48. The monoisotopic (exact) mass is 271 g/mol. The summed E-state index contributed by atoms with van der Waals surface area (Å²) in [7, 11) is 0. The van der Waals surface area contributed by atoms with Gasteiger partial charge in [0.1, 0.15) is 6.04 Å². The van der Waals surface area contributed by atoms with Gasteiger partial charge in [-0.2, -0.15) is 0 Å². The maximum absolute atomic E-state index is 11.0. The fourth-order valence-corrected chi connectivity index (χ4v) is 1.74. The van der Waals surface area contributed by atoms with Crippen LogP contribution in [-0.4, -0.2) is 17.6 Å². The maximum Gasteiger partial charge on any atom is 0.325 e.